The van der Waals surface area contributed by atoms with Crippen LogP contribution in [0.3, 0.4) is 0 Å². The molecule has 0 fully saturated rings. The summed E-state index contributed by atoms with van der Waals surface area (Å²) >= 11 is 0. The Labute approximate surface area is 192 Å². The largest absolute Gasteiger partial charge is 0.393 e. The predicted octanol–water partition coefficient (Wildman–Crippen LogP) is 4.57. The molecule has 0 aliphatic rings. The van der Waals surface area contributed by atoms with Gasteiger partial charge in [-0.3, -0.25) is 9.59 Å². The molecule has 186 valence electrons. The molecule has 0 unspecified atom stereocenters. The van der Waals surface area contributed by atoms with Crippen molar-refractivity contribution in [3.63, 3.8) is 0 Å². The lowest BCUT2D eigenvalue weighted by molar-refractivity contribution is -0.128. The minimum atomic E-state index is -0.361. The van der Waals surface area contributed by atoms with Crippen LogP contribution in [0, 0.1) is 11.8 Å². The summed E-state index contributed by atoms with van der Waals surface area (Å²) in [7, 11) is 0. The van der Waals surface area contributed by atoms with E-state index in [4.69, 9.17) is 0 Å². The van der Waals surface area contributed by atoms with Gasteiger partial charge >= 0.3 is 0 Å². The number of hydrogen-bond acceptors (Lipinski definition) is 4. The van der Waals surface area contributed by atoms with E-state index in [1.807, 2.05) is 62.3 Å². The molecule has 4 N–H and O–H groups in total. The quantitative estimate of drug-likeness (QED) is 0.354. The fourth-order valence-corrected chi connectivity index (χ4v) is 2.90. The van der Waals surface area contributed by atoms with Gasteiger partial charge in [-0.2, -0.15) is 0 Å². The monoisotopic (exact) mass is 444 g/mol. The number of nitrogens with one attached hydrogen (secondary N) is 2. The second kappa shape index (κ2) is 15.6. The molecule has 0 radical (unpaired) electrons. The van der Waals surface area contributed by atoms with Gasteiger partial charge in [0.2, 0.25) is 11.8 Å². The highest BCUT2D eigenvalue weighted by Crippen LogP contribution is 2.17. The number of hydrogen-bond donors (Lipinski definition) is 4. The number of rotatable bonds is 12. The van der Waals surface area contributed by atoms with Gasteiger partial charge in [0, 0.05) is 22.9 Å². The Bertz CT molecular complexity index is 500. The Hall–Kier alpha value is -1.14. The predicted molar refractivity (Wildman–Crippen MR) is 130 cm³/mol. The maximum atomic E-state index is 12.0. The standard InChI is InChI=1S/C13H27NO2.C12H25NO2/c1-6-10(9-11(15)7-2)12(16)14-13(4,5)8-3;1-6-9(8-10(14)7-2)11(15)13-12(3,4)5/h10-11,15H,6-9H2,1-5H3,(H,14,16);9-10,14H,6-8H2,1-5H3,(H,13,15)/t10-,11-;9-,10-/m11/s1. The third-order valence-electron chi connectivity index (χ3n) is 5.63. The Kier molecular flexibility index (Phi) is 16.2. The molecule has 0 aliphatic heterocycles. The Morgan fingerprint density at radius 2 is 1.03 bits per heavy atom. The second-order valence-electron chi connectivity index (χ2n) is 10.3. The number of carbonyl (C=O) groups is 2. The molecule has 31 heavy (non-hydrogen) atoms. The van der Waals surface area contributed by atoms with Gasteiger partial charge in [-0.25, -0.2) is 0 Å². The third kappa shape index (κ3) is 16.2. The van der Waals surface area contributed by atoms with Crippen LogP contribution in [0.15, 0.2) is 0 Å². The van der Waals surface area contributed by atoms with Gasteiger partial charge in [-0.05, 0) is 79.6 Å². The zero-order valence-electron chi connectivity index (χ0n) is 22.0. The summed E-state index contributed by atoms with van der Waals surface area (Å²) in [5.41, 5.74) is -0.344. The summed E-state index contributed by atoms with van der Waals surface area (Å²) in [6.45, 7) is 19.8. The van der Waals surface area contributed by atoms with E-state index in [0.717, 1.165) is 19.3 Å². The molecule has 2 amide bonds. The number of aliphatic hydroxyl groups is 2. The van der Waals surface area contributed by atoms with Crippen LogP contribution in [0.1, 0.15) is 114 Å². The van der Waals surface area contributed by atoms with Gasteiger partial charge in [0.1, 0.15) is 0 Å². The van der Waals surface area contributed by atoms with Crippen molar-refractivity contribution in [1.82, 2.24) is 10.6 Å². The van der Waals surface area contributed by atoms with Gasteiger partial charge in [0.05, 0.1) is 12.2 Å². The lowest BCUT2D eigenvalue weighted by Gasteiger charge is -2.28. The molecule has 6 nitrogen and oxygen atoms in total. The van der Waals surface area contributed by atoms with E-state index in [-0.39, 0.29) is 46.9 Å². The summed E-state index contributed by atoms with van der Waals surface area (Å²) in [5.74, 6) is -0.0145. The van der Waals surface area contributed by atoms with Gasteiger partial charge in [0.25, 0.3) is 0 Å². The molecule has 0 spiro atoms. The van der Waals surface area contributed by atoms with Crippen LogP contribution in [0.5, 0.6) is 0 Å². The lowest BCUT2D eigenvalue weighted by Crippen LogP contribution is -2.46. The average molecular weight is 445 g/mol. The molecule has 0 aromatic carbocycles. The first-order chi connectivity index (χ1) is 14.2. The molecule has 0 heterocycles. The van der Waals surface area contributed by atoms with Gasteiger partial charge in [0.15, 0.2) is 0 Å². The Morgan fingerprint density at radius 3 is 1.29 bits per heavy atom. The molecule has 0 aliphatic carbocycles. The Morgan fingerprint density at radius 1 is 0.677 bits per heavy atom. The van der Waals surface area contributed by atoms with E-state index in [1.165, 1.54) is 0 Å². The van der Waals surface area contributed by atoms with Crippen LogP contribution >= 0.6 is 0 Å². The maximum Gasteiger partial charge on any atom is 0.223 e. The topological polar surface area (TPSA) is 98.7 Å². The molecule has 6 heteroatoms. The fraction of sp³-hybridized carbons (Fsp3) is 0.920. The van der Waals surface area contributed by atoms with Crippen LogP contribution in [0.2, 0.25) is 0 Å². The van der Waals surface area contributed by atoms with E-state index in [0.29, 0.717) is 25.7 Å². The fourth-order valence-electron chi connectivity index (χ4n) is 2.90. The van der Waals surface area contributed by atoms with Crippen molar-refractivity contribution in [2.75, 3.05) is 0 Å². The molecule has 0 bridgehead atoms. The van der Waals surface area contributed by atoms with Gasteiger partial charge in [-0.1, -0.05) is 34.6 Å². The van der Waals surface area contributed by atoms with E-state index >= 15 is 0 Å². The van der Waals surface area contributed by atoms with E-state index in [1.54, 1.807) is 0 Å². The molecule has 0 saturated heterocycles. The van der Waals surface area contributed by atoms with E-state index in [2.05, 4.69) is 17.6 Å². The summed E-state index contributed by atoms with van der Waals surface area (Å²) < 4.78 is 0. The Balaban J connectivity index is 0. The van der Waals surface area contributed by atoms with Crippen LogP contribution in [-0.2, 0) is 9.59 Å². The summed E-state index contributed by atoms with van der Waals surface area (Å²) in [4.78, 5) is 23.8. The van der Waals surface area contributed by atoms with Crippen molar-refractivity contribution in [3.05, 3.63) is 0 Å². The molecule has 4 atom stereocenters. The minimum absolute atomic E-state index is 0.0532. The highest BCUT2D eigenvalue weighted by atomic mass is 16.3. The first-order valence-electron chi connectivity index (χ1n) is 12.2. The lowest BCUT2D eigenvalue weighted by atomic mass is 9.94. The highest BCUT2D eigenvalue weighted by molar-refractivity contribution is 5.79. The summed E-state index contributed by atoms with van der Waals surface area (Å²) in [6.07, 6.45) is 4.29. The summed E-state index contributed by atoms with van der Waals surface area (Å²) in [6, 6.07) is 0. The molecule has 0 aromatic heterocycles. The molecule has 0 aromatic rings. The molecule has 0 saturated carbocycles. The normalized spacial score (nSPS) is 15.7. The summed E-state index contributed by atoms with van der Waals surface area (Å²) in [5, 5.41) is 25.1. The van der Waals surface area contributed by atoms with E-state index < -0.39 is 0 Å². The van der Waals surface area contributed by atoms with Crippen LogP contribution in [0.25, 0.3) is 0 Å². The third-order valence-corrected chi connectivity index (χ3v) is 5.63. The number of amides is 2. The van der Waals surface area contributed by atoms with Crippen LogP contribution in [0.4, 0.5) is 0 Å². The minimum Gasteiger partial charge on any atom is -0.393 e. The van der Waals surface area contributed by atoms with Crippen molar-refractivity contribution in [2.24, 2.45) is 11.8 Å². The zero-order valence-corrected chi connectivity index (χ0v) is 22.0. The van der Waals surface area contributed by atoms with Gasteiger partial charge < -0.3 is 20.8 Å². The average Bonchev–Trinajstić information content (AvgIpc) is 2.68. The molecular weight excluding hydrogens is 392 g/mol. The van der Waals surface area contributed by atoms with Crippen LogP contribution in [-0.4, -0.2) is 45.3 Å². The second-order valence-corrected chi connectivity index (χ2v) is 10.3. The van der Waals surface area contributed by atoms with Crippen molar-refractivity contribution < 1.29 is 19.8 Å². The van der Waals surface area contributed by atoms with Crippen molar-refractivity contribution >= 4 is 11.8 Å². The van der Waals surface area contributed by atoms with Crippen molar-refractivity contribution in [1.29, 1.82) is 0 Å². The highest BCUT2D eigenvalue weighted by Gasteiger charge is 2.25. The van der Waals surface area contributed by atoms with Gasteiger partial charge in [-0.15, -0.1) is 0 Å². The SMILES string of the molecule is CC[C@@H](O)C[C@@H](CC)C(=O)NC(C)(C)C.CC[C@@H](O)C[C@@H](CC)C(=O)NC(C)(C)CC. The molecular formula is C25H52N2O4. The maximum absolute atomic E-state index is 12.0. The first kappa shape index (κ1) is 32.0. The number of carbonyl (C=O) groups excluding carboxylic acids is 2. The van der Waals surface area contributed by atoms with Crippen molar-refractivity contribution in [2.45, 2.75) is 137 Å². The van der Waals surface area contributed by atoms with Crippen LogP contribution < -0.4 is 10.6 Å². The van der Waals surface area contributed by atoms with Crippen molar-refractivity contribution in [3.8, 4) is 0 Å². The van der Waals surface area contributed by atoms with E-state index in [9.17, 15) is 19.8 Å². The first-order valence-corrected chi connectivity index (χ1v) is 12.2. The zero-order chi connectivity index (χ0) is 24.8. The number of aliphatic hydroxyl groups excluding tert-OH is 2. The molecule has 0 rings (SSSR count). The smallest absolute Gasteiger partial charge is 0.223 e.